The summed E-state index contributed by atoms with van der Waals surface area (Å²) in [6.07, 6.45) is 3.65. The Bertz CT molecular complexity index is 544. The van der Waals surface area contributed by atoms with Crippen molar-refractivity contribution in [3.8, 4) is 0 Å². The Labute approximate surface area is 123 Å². The molecule has 1 N–H and O–H groups in total. The number of benzene rings is 1. The fourth-order valence-electron chi connectivity index (χ4n) is 1.37. The number of nitrogens with one attached hydrogen (secondary N) is 1. The summed E-state index contributed by atoms with van der Waals surface area (Å²) in [5.41, 5.74) is 0.767. The van der Waals surface area contributed by atoms with Crippen LogP contribution in [0.5, 0.6) is 0 Å². The molecular formula is C11H10ClIN4O. The van der Waals surface area contributed by atoms with E-state index in [1.54, 1.807) is 35.3 Å². The number of carbonyl (C=O) groups is 1. The largest absolute Gasteiger partial charge is 0.325 e. The molecule has 7 heteroatoms. The van der Waals surface area contributed by atoms with Crippen molar-refractivity contribution in [2.24, 2.45) is 0 Å². The molecule has 1 aromatic heterocycles. The van der Waals surface area contributed by atoms with Gasteiger partial charge in [-0.2, -0.15) is 0 Å². The number of anilines is 1. The lowest BCUT2D eigenvalue weighted by Crippen LogP contribution is -2.15. The van der Waals surface area contributed by atoms with Gasteiger partial charge in [-0.1, -0.05) is 16.8 Å². The van der Waals surface area contributed by atoms with E-state index >= 15 is 0 Å². The zero-order valence-electron chi connectivity index (χ0n) is 9.31. The second-order valence-electron chi connectivity index (χ2n) is 3.59. The molecule has 0 radical (unpaired) electrons. The summed E-state index contributed by atoms with van der Waals surface area (Å²) >= 11 is 7.98. The van der Waals surface area contributed by atoms with Gasteiger partial charge in [-0.05, 0) is 40.8 Å². The number of amides is 1. The van der Waals surface area contributed by atoms with Crippen LogP contribution < -0.4 is 5.32 Å². The van der Waals surface area contributed by atoms with Gasteiger partial charge >= 0.3 is 0 Å². The van der Waals surface area contributed by atoms with Crippen LogP contribution in [-0.2, 0) is 11.3 Å². The van der Waals surface area contributed by atoms with Gasteiger partial charge < -0.3 is 5.32 Å². The minimum atomic E-state index is -0.0641. The number of halogens is 2. The average Bonchev–Trinajstić information content (AvgIpc) is 2.83. The second-order valence-corrected chi connectivity index (χ2v) is 5.19. The molecule has 0 saturated heterocycles. The number of aromatic nitrogens is 3. The Morgan fingerprint density at radius 2 is 2.33 bits per heavy atom. The van der Waals surface area contributed by atoms with Crippen molar-refractivity contribution in [3.05, 3.63) is 39.2 Å². The molecule has 0 bridgehead atoms. The number of aryl methyl sites for hydroxylation is 1. The Morgan fingerprint density at radius 3 is 3.00 bits per heavy atom. The van der Waals surface area contributed by atoms with Gasteiger partial charge in [-0.15, -0.1) is 5.10 Å². The van der Waals surface area contributed by atoms with E-state index in [9.17, 15) is 4.79 Å². The van der Waals surface area contributed by atoms with Gasteiger partial charge in [0.05, 0.1) is 18.4 Å². The van der Waals surface area contributed by atoms with Crippen molar-refractivity contribution in [1.29, 1.82) is 0 Å². The minimum Gasteiger partial charge on any atom is -0.325 e. The van der Waals surface area contributed by atoms with Gasteiger partial charge in [0.2, 0.25) is 5.91 Å². The molecular weight excluding hydrogens is 367 g/mol. The van der Waals surface area contributed by atoms with Crippen LogP contribution in [0.4, 0.5) is 5.69 Å². The van der Waals surface area contributed by atoms with E-state index in [-0.39, 0.29) is 5.91 Å². The quantitative estimate of drug-likeness (QED) is 0.834. The van der Waals surface area contributed by atoms with Crippen LogP contribution in [0.3, 0.4) is 0 Å². The molecule has 0 fully saturated rings. The van der Waals surface area contributed by atoms with Crippen molar-refractivity contribution in [2.45, 2.75) is 13.0 Å². The molecule has 0 aliphatic carbocycles. The highest BCUT2D eigenvalue weighted by Gasteiger charge is 2.06. The van der Waals surface area contributed by atoms with E-state index in [0.29, 0.717) is 18.0 Å². The molecule has 2 rings (SSSR count). The predicted molar refractivity (Wildman–Crippen MR) is 77.4 cm³/mol. The van der Waals surface area contributed by atoms with Gasteiger partial charge in [0.15, 0.2) is 0 Å². The van der Waals surface area contributed by atoms with Crippen LogP contribution in [0.25, 0.3) is 0 Å². The number of hydrogen-bond acceptors (Lipinski definition) is 3. The first-order chi connectivity index (χ1) is 8.65. The molecule has 0 atom stereocenters. The average molecular weight is 377 g/mol. The Balaban J connectivity index is 1.91. The van der Waals surface area contributed by atoms with Crippen LogP contribution in [0, 0.1) is 3.57 Å². The first-order valence-electron chi connectivity index (χ1n) is 5.24. The maximum Gasteiger partial charge on any atom is 0.226 e. The van der Waals surface area contributed by atoms with Gasteiger partial charge in [0.1, 0.15) is 0 Å². The molecule has 94 valence electrons. The monoisotopic (exact) mass is 376 g/mol. The van der Waals surface area contributed by atoms with Crippen molar-refractivity contribution < 1.29 is 4.79 Å². The fourth-order valence-corrected chi connectivity index (χ4v) is 2.38. The summed E-state index contributed by atoms with van der Waals surface area (Å²) in [5.74, 6) is -0.0641. The lowest BCUT2D eigenvalue weighted by atomic mass is 10.3. The lowest BCUT2D eigenvalue weighted by molar-refractivity contribution is -0.116. The lowest BCUT2D eigenvalue weighted by Gasteiger charge is -2.07. The Morgan fingerprint density at radius 1 is 1.50 bits per heavy atom. The summed E-state index contributed by atoms with van der Waals surface area (Å²) in [6.45, 7) is 0.510. The molecule has 0 aliphatic heterocycles. The highest BCUT2D eigenvalue weighted by molar-refractivity contribution is 14.1. The summed E-state index contributed by atoms with van der Waals surface area (Å²) in [5, 5.41) is 11.0. The molecule has 1 heterocycles. The van der Waals surface area contributed by atoms with Crippen molar-refractivity contribution in [1.82, 2.24) is 15.0 Å². The van der Waals surface area contributed by atoms with Crippen LogP contribution >= 0.6 is 34.2 Å². The molecule has 0 unspecified atom stereocenters. The van der Waals surface area contributed by atoms with E-state index in [4.69, 9.17) is 11.6 Å². The normalized spacial score (nSPS) is 10.3. The van der Waals surface area contributed by atoms with E-state index < -0.39 is 0 Å². The first kappa shape index (κ1) is 13.3. The molecule has 1 amide bonds. The predicted octanol–water partition coefficient (Wildman–Crippen LogP) is 2.56. The second kappa shape index (κ2) is 6.14. The molecule has 0 saturated carbocycles. The molecule has 1 aromatic carbocycles. The van der Waals surface area contributed by atoms with E-state index in [0.717, 1.165) is 9.26 Å². The SMILES string of the molecule is O=C(CCn1ccnn1)Nc1ccc(Cl)cc1I. The summed E-state index contributed by atoms with van der Waals surface area (Å²) in [6, 6.07) is 5.34. The van der Waals surface area contributed by atoms with Crippen molar-refractivity contribution >= 4 is 45.8 Å². The standard InChI is InChI=1S/C11H10ClIN4O/c12-8-1-2-10(9(13)7-8)15-11(18)3-5-17-6-4-14-16-17/h1-2,4,6-7H,3,5H2,(H,15,18). The summed E-state index contributed by atoms with van der Waals surface area (Å²) < 4.78 is 2.53. The maximum absolute atomic E-state index is 11.7. The number of carbonyl (C=O) groups excluding carboxylic acids is 1. The topological polar surface area (TPSA) is 59.8 Å². The van der Waals surface area contributed by atoms with Crippen LogP contribution in [0.15, 0.2) is 30.6 Å². The zero-order valence-corrected chi connectivity index (χ0v) is 12.2. The van der Waals surface area contributed by atoms with Gasteiger partial charge in [0, 0.05) is 21.2 Å². The van der Waals surface area contributed by atoms with Gasteiger partial charge in [-0.25, -0.2) is 0 Å². The maximum atomic E-state index is 11.7. The Hall–Kier alpha value is -1.15. The molecule has 0 aliphatic rings. The highest BCUT2D eigenvalue weighted by Crippen LogP contribution is 2.22. The molecule has 2 aromatic rings. The summed E-state index contributed by atoms with van der Waals surface area (Å²) in [7, 11) is 0. The van der Waals surface area contributed by atoms with Gasteiger partial charge in [0.25, 0.3) is 0 Å². The zero-order chi connectivity index (χ0) is 13.0. The third kappa shape index (κ3) is 3.67. The molecule has 0 spiro atoms. The fraction of sp³-hybridized carbons (Fsp3) is 0.182. The minimum absolute atomic E-state index is 0.0641. The summed E-state index contributed by atoms with van der Waals surface area (Å²) in [4.78, 5) is 11.7. The van der Waals surface area contributed by atoms with Crippen molar-refractivity contribution in [3.63, 3.8) is 0 Å². The molecule has 18 heavy (non-hydrogen) atoms. The number of hydrogen-bond donors (Lipinski definition) is 1. The molecule has 5 nitrogen and oxygen atoms in total. The van der Waals surface area contributed by atoms with Crippen molar-refractivity contribution in [2.75, 3.05) is 5.32 Å². The third-order valence-electron chi connectivity index (χ3n) is 2.25. The van der Waals surface area contributed by atoms with Crippen LogP contribution in [0.2, 0.25) is 5.02 Å². The third-order valence-corrected chi connectivity index (χ3v) is 3.37. The van der Waals surface area contributed by atoms with E-state index in [2.05, 4.69) is 38.2 Å². The first-order valence-corrected chi connectivity index (χ1v) is 6.70. The Kier molecular flexibility index (Phi) is 4.54. The number of nitrogens with zero attached hydrogens (tertiary/aromatic N) is 3. The van der Waals surface area contributed by atoms with Gasteiger partial charge in [-0.3, -0.25) is 9.48 Å². The smallest absolute Gasteiger partial charge is 0.226 e. The van der Waals surface area contributed by atoms with E-state index in [1.807, 2.05) is 0 Å². The van der Waals surface area contributed by atoms with E-state index in [1.165, 1.54) is 0 Å². The number of rotatable bonds is 4. The van der Waals surface area contributed by atoms with Crippen LogP contribution in [0.1, 0.15) is 6.42 Å². The highest BCUT2D eigenvalue weighted by atomic mass is 127. The van der Waals surface area contributed by atoms with Crippen LogP contribution in [-0.4, -0.2) is 20.9 Å².